The first-order valence-electron chi connectivity index (χ1n) is 6.55. The summed E-state index contributed by atoms with van der Waals surface area (Å²) in [5.74, 6) is 0.667. The monoisotopic (exact) mass is 287 g/mol. The number of benzene rings is 2. The van der Waals surface area contributed by atoms with Crippen LogP contribution in [0.5, 0.6) is 5.75 Å². The molecule has 0 spiro atoms. The van der Waals surface area contributed by atoms with Gasteiger partial charge in [-0.05, 0) is 30.7 Å². The van der Waals surface area contributed by atoms with E-state index in [-0.39, 0.29) is 5.69 Å². The van der Waals surface area contributed by atoms with E-state index in [0.717, 1.165) is 11.3 Å². The number of nitro groups is 1. The van der Waals surface area contributed by atoms with Crippen LogP contribution in [0.3, 0.4) is 0 Å². The lowest BCUT2D eigenvalue weighted by atomic mass is 10.2. The summed E-state index contributed by atoms with van der Waals surface area (Å²) in [7, 11) is 0. The molecule has 6 nitrogen and oxygen atoms in total. The summed E-state index contributed by atoms with van der Waals surface area (Å²) in [5, 5.41) is 14.1. The lowest BCUT2D eigenvalue weighted by Crippen LogP contribution is -2.10. The maximum absolute atomic E-state index is 11.1. The SMILES string of the molecule is Cc1ccc(Nc2cccc(OCCN)c2)c([N+](=O)[O-])c1. The lowest BCUT2D eigenvalue weighted by Gasteiger charge is -2.10. The van der Waals surface area contributed by atoms with Gasteiger partial charge in [0.2, 0.25) is 0 Å². The summed E-state index contributed by atoms with van der Waals surface area (Å²) in [6.45, 7) is 2.67. The molecule has 110 valence electrons. The van der Waals surface area contributed by atoms with E-state index >= 15 is 0 Å². The summed E-state index contributed by atoms with van der Waals surface area (Å²) in [4.78, 5) is 10.7. The molecule has 3 N–H and O–H groups in total. The van der Waals surface area contributed by atoms with Crippen LogP contribution in [0.25, 0.3) is 0 Å². The van der Waals surface area contributed by atoms with Crippen LogP contribution in [0.4, 0.5) is 17.1 Å². The molecule has 0 aromatic heterocycles. The molecule has 2 aromatic rings. The van der Waals surface area contributed by atoms with Crippen LogP contribution in [-0.2, 0) is 0 Å². The molecule has 0 amide bonds. The molecule has 0 aliphatic rings. The van der Waals surface area contributed by atoms with E-state index in [9.17, 15) is 10.1 Å². The van der Waals surface area contributed by atoms with Crippen molar-refractivity contribution in [3.05, 3.63) is 58.1 Å². The standard InChI is InChI=1S/C15H17N3O3/c1-11-5-6-14(15(9-11)18(19)20)17-12-3-2-4-13(10-12)21-8-7-16/h2-6,9-10,17H,7-8,16H2,1H3. The number of rotatable bonds is 6. The number of aryl methyl sites for hydroxylation is 1. The average molecular weight is 287 g/mol. The van der Waals surface area contributed by atoms with Crippen molar-refractivity contribution < 1.29 is 9.66 Å². The van der Waals surface area contributed by atoms with Crippen LogP contribution in [0.2, 0.25) is 0 Å². The predicted octanol–water partition coefficient (Wildman–Crippen LogP) is 2.98. The number of nitrogens with zero attached hydrogens (tertiary/aromatic N) is 1. The van der Waals surface area contributed by atoms with Crippen molar-refractivity contribution in [3.63, 3.8) is 0 Å². The second-order valence-corrected chi connectivity index (χ2v) is 4.57. The Morgan fingerprint density at radius 1 is 1.29 bits per heavy atom. The Bertz CT molecular complexity index is 644. The first-order valence-corrected chi connectivity index (χ1v) is 6.55. The number of nitrogens with two attached hydrogens (primary N) is 1. The molecule has 0 unspecified atom stereocenters. The van der Waals surface area contributed by atoms with Crippen molar-refractivity contribution >= 4 is 17.1 Å². The molecule has 0 radical (unpaired) electrons. The van der Waals surface area contributed by atoms with Gasteiger partial charge in [-0.25, -0.2) is 0 Å². The molecular formula is C15H17N3O3. The van der Waals surface area contributed by atoms with Crippen molar-refractivity contribution in [1.82, 2.24) is 0 Å². The largest absolute Gasteiger partial charge is 0.492 e. The number of nitrogens with one attached hydrogen (secondary N) is 1. The van der Waals surface area contributed by atoms with Crippen molar-refractivity contribution in [2.45, 2.75) is 6.92 Å². The predicted molar refractivity (Wildman–Crippen MR) is 82.1 cm³/mol. The van der Waals surface area contributed by atoms with E-state index in [1.807, 2.05) is 31.2 Å². The number of nitro benzene ring substituents is 1. The molecule has 0 aliphatic carbocycles. The minimum absolute atomic E-state index is 0.0447. The minimum atomic E-state index is -0.399. The Kier molecular flexibility index (Phi) is 4.73. The summed E-state index contributed by atoms with van der Waals surface area (Å²) < 4.78 is 5.43. The Balaban J connectivity index is 2.24. The second kappa shape index (κ2) is 6.71. The highest BCUT2D eigenvalue weighted by Crippen LogP contribution is 2.29. The van der Waals surface area contributed by atoms with Gasteiger partial charge in [0.15, 0.2) is 0 Å². The molecule has 0 atom stereocenters. The molecule has 2 rings (SSSR count). The molecule has 0 saturated carbocycles. The van der Waals surface area contributed by atoms with Crippen LogP contribution in [0.15, 0.2) is 42.5 Å². The van der Waals surface area contributed by atoms with E-state index in [1.54, 1.807) is 12.1 Å². The zero-order chi connectivity index (χ0) is 15.2. The van der Waals surface area contributed by atoms with Gasteiger partial charge in [0.25, 0.3) is 5.69 Å². The number of anilines is 2. The Labute approximate surface area is 122 Å². The van der Waals surface area contributed by atoms with Crippen molar-refractivity contribution in [2.24, 2.45) is 5.73 Å². The van der Waals surface area contributed by atoms with Crippen LogP contribution in [0, 0.1) is 17.0 Å². The Hall–Kier alpha value is -2.60. The Morgan fingerprint density at radius 2 is 2.10 bits per heavy atom. The third kappa shape index (κ3) is 3.93. The van der Waals surface area contributed by atoms with Crippen molar-refractivity contribution in [2.75, 3.05) is 18.5 Å². The summed E-state index contributed by atoms with van der Waals surface area (Å²) in [5.41, 5.74) is 7.44. The van der Waals surface area contributed by atoms with Gasteiger partial charge in [-0.2, -0.15) is 0 Å². The first-order chi connectivity index (χ1) is 10.1. The molecule has 0 saturated heterocycles. The fourth-order valence-electron chi connectivity index (χ4n) is 1.89. The first kappa shape index (κ1) is 14.8. The molecule has 21 heavy (non-hydrogen) atoms. The zero-order valence-electron chi connectivity index (χ0n) is 11.7. The summed E-state index contributed by atoms with van der Waals surface area (Å²) in [6.07, 6.45) is 0. The summed E-state index contributed by atoms with van der Waals surface area (Å²) in [6, 6.07) is 12.3. The van der Waals surface area contributed by atoms with E-state index in [2.05, 4.69) is 5.32 Å². The van der Waals surface area contributed by atoms with Gasteiger partial charge in [-0.15, -0.1) is 0 Å². The fraction of sp³-hybridized carbons (Fsp3) is 0.200. The van der Waals surface area contributed by atoms with Gasteiger partial charge in [0.1, 0.15) is 18.0 Å². The molecule has 0 heterocycles. The van der Waals surface area contributed by atoms with Crippen LogP contribution < -0.4 is 15.8 Å². The Morgan fingerprint density at radius 3 is 2.81 bits per heavy atom. The minimum Gasteiger partial charge on any atom is -0.492 e. The van der Waals surface area contributed by atoms with Gasteiger partial charge in [-0.1, -0.05) is 12.1 Å². The van der Waals surface area contributed by atoms with E-state index in [0.29, 0.717) is 24.6 Å². The van der Waals surface area contributed by atoms with Gasteiger partial charge >= 0.3 is 0 Å². The highest BCUT2D eigenvalue weighted by atomic mass is 16.6. The molecule has 2 aromatic carbocycles. The average Bonchev–Trinajstić information content (AvgIpc) is 2.47. The molecule has 0 aliphatic heterocycles. The zero-order valence-corrected chi connectivity index (χ0v) is 11.7. The number of ether oxygens (including phenoxy) is 1. The second-order valence-electron chi connectivity index (χ2n) is 4.57. The maximum Gasteiger partial charge on any atom is 0.292 e. The van der Waals surface area contributed by atoms with Gasteiger partial charge in [-0.3, -0.25) is 10.1 Å². The number of hydrogen-bond acceptors (Lipinski definition) is 5. The van der Waals surface area contributed by atoms with E-state index in [1.165, 1.54) is 6.07 Å². The van der Waals surface area contributed by atoms with Crippen LogP contribution >= 0.6 is 0 Å². The molecule has 0 bridgehead atoms. The lowest BCUT2D eigenvalue weighted by molar-refractivity contribution is -0.384. The van der Waals surface area contributed by atoms with Crippen LogP contribution in [0.1, 0.15) is 5.56 Å². The third-order valence-corrected chi connectivity index (χ3v) is 2.85. The van der Waals surface area contributed by atoms with Crippen molar-refractivity contribution in [3.8, 4) is 5.75 Å². The smallest absolute Gasteiger partial charge is 0.292 e. The topological polar surface area (TPSA) is 90.4 Å². The van der Waals surface area contributed by atoms with Gasteiger partial charge < -0.3 is 15.8 Å². The quantitative estimate of drug-likeness (QED) is 0.629. The fourth-order valence-corrected chi connectivity index (χ4v) is 1.89. The van der Waals surface area contributed by atoms with Gasteiger partial charge in [0.05, 0.1) is 4.92 Å². The molecule has 0 fully saturated rings. The third-order valence-electron chi connectivity index (χ3n) is 2.85. The van der Waals surface area contributed by atoms with Gasteiger partial charge in [0, 0.05) is 24.4 Å². The van der Waals surface area contributed by atoms with E-state index < -0.39 is 4.92 Å². The van der Waals surface area contributed by atoms with Crippen LogP contribution in [-0.4, -0.2) is 18.1 Å². The molecule has 6 heteroatoms. The highest BCUT2D eigenvalue weighted by Gasteiger charge is 2.13. The highest BCUT2D eigenvalue weighted by molar-refractivity contribution is 5.70. The van der Waals surface area contributed by atoms with Crippen molar-refractivity contribution in [1.29, 1.82) is 0 Å². The summed E-state index contributed by atoms with van der Waals surface area (Å²) >= 11 is 0. The maximum atomic E-state index is 11.1. The number of hydrogen-bond donors (Lipinski definition) is 2. The van der Waals surface area contributed by atoms with E-state index in [4.69, 9.17) is 10.5 Å². The normalized spacial score (nSPS) is 10.2. The molecular weight excluding hydrogens is 270 g/mol.